The van der Waals surface area contributed by atoms with E-state index in [0.717, 1.165) is 28.2 Å². The minimum atomic E-state index is -2.41. The molecule has 0 unspecified atom stereocenters. The van der Waals surface area contributed by atoms with Gasteiger partial charge in [-0.15, -0.1) is 0 Å². The molecule has 0 bridgehead atoms. The van der Waals surface area contributed by atoms with Crippen molar-refractivity contribution in [1.29, 1.82) is 0 Å². The number of carbonyl (C=O) groups is 1. The number of hydrogen-bond acceptors (Lipinski definition) is 8. The predicted octanol–water partition coefficient (Wildman–Crippen LogP) is 5.51. The van der Waals surface area contributed by atoms with E-state index >= 15 is 4.39 Å². The number of benzene rings is 4. The molecule has 1 fully saturated rings. The van der Waals surface area contributed by atoms with Gasteiger partial charge >= 0.3 is 5.69 Å². The van der Waals surface area contributed by atoms with Crippen LogP contribution in [0.1, 0.15) is 40.2 Å². The van der Waals surface area contributed by atoms with Gasteiger partial charge in [0.05, 0.1) is 20.8 Å². The van der Waals surface area contributed by atoms with E-state index in [9.17, 15) is 14.7 Å². The van der Waals surface area contributed by atoms with Gasteiger partial charge in [-0.05, 0) is 66.1 Å². The molecule has 4 aromatic carbocycles. The number of halogens is 1. The molecule has 1 aromatic heterocycles. The van der Waals surface area contributed by atoms with E-state index in [2.05, 4.69) is 10.3 Å². The fourth-order valence-corrected chi connectivity index (χ4v) is 6.07. The van der Waals surface area contributed by atoms with Crippen LogP contribution in [0.15, 0.2) is 126 Å². The van der Waals surface area contributed by atoms with Crippen LogP contribution in [0.3, 0.4) is 0 Å². The Hall–Kier alpha value is -5.36. The van der Waals surface area contributed by atoms with Crippen molar-refractivity contribution < 1.29 is 33.2 Å². The molecule has 5 aromatic rings. The molecule has 1 aliphatic heterocycles. The Bertz CT molecular complexity index is 1890. The molecule has 10 nitrogen and oxygen atoms in total. The molecular formula is C38H36FN3O7. The van der Waals surface area contributed by atoms with Crippen molar-refractivity contribution in [1.82, 2.24) is 9.55 Å². The highest BCUT2D eigenvalue weighted by molar-refractivity contribution is 6.03. The average molecular weight is 666 g/mol. The van der Waals surface area contributed by atoms with E-state index in [1.54, 1.807) is 44.6 Å². The zero-order valence-corrected chi connectivity index (χ0v) is 27.2. The second-order valence-electron chi connectivity index (χ2n) is 11.8. The molecule has 1 aliphatic rings. The van der Waals surface area contributed by atoms with Crippen molar-refractivity contribution in [3.63, 3.8) is 0 Å². The van der Waals surface area contributed by atoms with Crippen molar-refractivity contribution in [2.24, 2.45) is 0 Å². The summed E-state index contributed by atoms with van der Waals surface area (Å²) in [6.45, 7) is 0.898. The number of nitrogens with zero attached hydrogens (tertiary/aromatic N) is 2. The van der Waals surface area contributed by atoms with Crippen LogP contribution in [0, 0.1) is 0 Å². The van der Waals surface area contributed by atoms with Gasteiger partial charge in [0.15, 0.2) is 11.9 Å². The zero-order chi connectivity index (χ0) is 34.6. The summed E-state index contributed by atoms with van der Waals surface area (Å²) >= 11 is 0. The first-order chi connectivity index (χ1) is 23.7. The number of aliphatic hydroxyl groups is 1. The average Bonchev–Trinajstić information content (AvgIpc) is 3.36. The first-order valence-electron chi connectivity index (χ1n) is 15.6. The van der Waals surface area contributed by atoms with Gasteiger partial charge in [-0.1, -0.05) is 72.8 Å². The van der Waals surface area contributed by atoms with Crippen molar-refractivity contribution in [3.8, 4) is 11.5 Å². The number of anilines is 1. The quantitative estimate of drug-likeness (QED) is 0.177. The highest BCUT2D eigenvalue weighted by Gasteiger charge is 2.56. The number of alkyl halides is 1. The van der Waals surface area contributed by atoms with Crippen LogP contribution in [0.5, 0.6) is 11.5 Å². The minimum Gasteiger partial charge on any atom is -0.497 e. The minimum absolute atomic E-state index is 0.0132. The number of methoxy groups -OCH3 is 2. The van der Waals surface area contributed by atoms with Gasteiger partial charge in [0.25, 0.3) is 5.91 Å². The summed E-state index contributed by atoms with van der Waals surface area (Å²) in [5, 5.41) is 13.8. The van der Waals surface area contributed by atoms with Gasteiger partial charge in [-0.25, -0.2) is 9.18 Å². The summed E-state index contributed by atoms with van der Waals surface area (Å²) in [6.07, 6.45) is -3.13. The van der Waals surface area contributed by atoms with Gasteiger partial charge < -0.3 is 29.4 Å². The fraction of sp³-hybridized carbons (Fsp3) is 0.237. The lowest BCUT2D eigenvalue weighted by atomic mass is 9.80. The van der Waals surface area contributed by atoms with Crippen LogP contribution in [0.2, 0.25) is 0 Å². The Balaban J connectivity index is 1.31. The molecule has 1 amide bonds. The lowest BCUT2D eigenvalue weighted by molar-refractivity contribution is -0.0967. The van der Waals surface area contributed by atoms with E-state index in [4.69, 9.17) is 18.9 Å². The number of aliphatic hydroxyl groups excluding tert-OH is 1. The molecule has 0 saturated carbocycles. The second-order valence-corrected chi connectivity index (χ2v) is 11.8. The number of aromatic nitrogens is 2. The number of nitrogens with one attached hydrogen (secondary N) is 1. The van der Waals surface area contributed by atoms with Crippen LogP contribution in [0.25, 0.3) is 0 Å². The molecular weight excluding hydrogens is 629 g/mol. The molecule has 6 rings (SSSR count). The van der Waals surface area contributed by atoms with E-state index in [1.165, 1.54) is 12.3 Å². The Labute approximate surface area is 282 Å². The van der Waals surface area contributed by atoms with E-state index in [0.29, 0.717) is 17.1 Å². The van der Waals surface area contributed by atoms with Crippen LogP contribution in [-0.2, 0) is 15.1 Å². The molecule has 0 aliphatic carbocycles. The predicted molar refractivity (Wildman–Crippen MR) is 181 cm³/mol. The molecule has 1 saturated heterocycles. The highest BCUT2D eigenvalue weighted by atomic mass is 19.1. The zero-order valence-electron chi connectivity index (χ0n) is 27.2. The SMILES string of the molecule is COc1ccc(C(OC[C@H]2O[C@@H](n3ccc(NC(=O)c4ccccc4)nc3=O)[C@@](C)(F)[C@@H]2O)(c2ccccc2)c2ccc(OC)cc2)cc1. The fourth-order valence-electron chi connectivity index (χ4n) is 6.07. The Morgan fingerprint density at radius 2 is 1.41 bits per heavy atom. The summed E-state index contributed by atoms with van der Waals surface area (Å²) in [4.78, 5) is 29.6. The number of ether oxygens (including phenoxy) is 4. The van der Waals surface area contributed by atoms with Crippen LogP contribution in [0.4, 0.5) is 10.2 Å². The second kappa shape index (κ2) is 14.0. The third kappa shape index (κ3) is 6.56. The van der Waals surface area contributed by atoms with Gasteiger partial charge in [0, 0.05) is 11.8 Å². The summed E-state index contributed by atoms with van der Waals surface area (Å²) < 4.78 is 41.0. The van der Waals surface area contributed by atoms with Gasteiger partial charge in [-0.2, -0.15) is 4.98 Å². The summed E-state index contributed by atoms with van der Waals surface area (Å²) in [6, 6.07) is 34.1. The monoisotopic (exact) mass is 665 g/mol. The molecule has 49 heavy (non-hydrogen) atoms. The number of carbonyl (C=O) groups excluding carboxylic acids is 1. The Morgan fingerprint density at radius 1 is 0.878 bits per heavy atom. The molecule has 252 valence electrons. The number of rotatable bonds is 11. The van der Waals surface area contributed by atoms with E-state index in [1.807, 2.05) is 78.9 Å². The molecule has 11 heteroatoms. The normalized spacial score (nSPS) is 20.5. The Morgan fingerprint density at radius 3 is 1.94 bits per heavy atom. The smallest absolute Gasteiger partial charge is 0.351 e. The summed E-state index contributed by atoms with van der Waals surface area (Å²) in [5.41, 5.74) is -1.90. The van der Waals surface area contributed by atoms with Crippen molar-refractivity contribution in [3.05, 3.63) is 154 Å². The van der Waals surface area contributed by atoms with Gasteiger partial charge in [0.2, 0.25) is 0 Å². The maximum atomic E-state index is 16.4. The first kappa shape index (κ1) is 33.5. The maximum absolute atomic E-state index is 16.4. The molecule has 2 heterocycles. The molecule has 0 radical (unpaired) electrons. The summed E-state index contributed by atoms with van der Waals surface area (Å²) in [5.74, 6) is 0.827. The van der Waals surface area contributed by atoms with Gasteiger partial charge in [0.1, 0.15) is 35.1 Å². The Kier molecular flexibility index (Phi) is 9.59. The topological polar surface area (TPSA) is 121 Å². The van der Waals surface area contributed by atoms with Crippen molar-refractivity contribution in [2.45, 2.75) is 36.6 Å². The summed E-state index contributed by atoms with van der Waals surface area (Å²) in [7, 11) is 3.16. The molecule has 4 atom stereocenters. The number of hydrogen-bond donors (Lipinski definition) is 2. The largest absolute Gasteiger partial charge is 0.497 e. The maximum Gasteiger partial charge on any atom is 0.351 e. The molecule has 2 N–H and O–H groups in total. The van der Waals surface area contributed by atoms with E-state index in [-0.39, 0.29) is 12.4 Å². The van der Waals surface area contributed by atoms with Crippen LogP contribution < -0.4 is 20.5 Å². The lowest BCUT2D eigenvalue weighted by Gasteiger charge is -2.37. The third-order valence-corrected chi connectivity index (χ3v) is 8.71. The van der Waals surface area contributed by atoms with Crippen LogP contribution in [-0.4, -0.2) is 59.3 Å². The van der Waals surface area contributed by atoms with Crippen molar-refractivity contribution in [2.75, 3.05) is 26.1 Å². The molecule has 0 spiro atoms. The van der Waals surface area contributed by atoms with Crippen LogP contribution >= 0.6 is 0 Å². The highest BCUT2D eigenvalue weighted by Crippen LogP contribution is 2.45. The van der Waals surface area contributed by atoms with Crippen molar-refractivity contribution >= 4 is 11.7 Å². The number of amides is 1. The lowest BCUT2D eigenvalue weighted by Crippen LogP contribution is -2.44. The third-order valence-electron chi connectivity index (χ3n) is 8.71. The first-order valence-corrected chi connectivity index (χ1v) is 15.6. The standard InChI is InChI=1S/C38H36FN3O7/c1-37(39)33(43)31(49-35(37)42-23-22-32(41-36(42)45)40-34(44)25-10-6-4-7-11-25)24-48-38(26-12-8-5-9-13-26,27-14-18-29(46-2)19-15-27)28-16-20-30(47-3)21-17-28/h4-23,31,33,35,43H,24H2,1-3H3,(H,40,41,44,45)/t31-,33-,35-,37+/m1/s1. The van der Waals surface area contributed by atoms with Gasteiger partial charge in [-0.3, -0.25) is 9.36 Å². The van der Waals surface area contributed by atoms with E-state index < -0.39 is 41.3 Å².